The topological polar surface area (TPSA) is 42.0 Å². The molecule has 3 nitrogen and oxygen atoms in total. The highest BCUT2D eigenvalue weighted by Crippen LogP contribution is 2.49. The molecule has 0 bridgehead atoms. The van der Waals surface area contributed by atoms with Crippen LogP contribution in [0.5, 0.6) is 0 Å². The minimum absolute atomic E-state index is 0.282. The highest BCUT2D eigenvalue weighted by Gasteiger charge is 2.61. The smallest absolute Gasteiger partial charge is 0.260 e. The number of alkyl halides is 2. The summed E-state index contributed by atoms with van der Waals surface area (Å²) in [5.41, 5.74) is 3.31. The number of pyridine rings is 1. The zero-order valence-electron chi connectivity index (χ0n) is 13.0. The van der Waals surface area contributed by atoms with Gasteiger partial charge in [0.2, 0.25) is 5.91 Å². The number of nitrogens with zero attached hydrogens (tertiary/aromatic N) is 1. The van der Waals surface area contributed by atoms with Crippen molar-refractivity contribution >= 4 is 11.6 Å². The van der Waals surface area contributed by atoms with Crippen LogP contribution in [0.3, 0.4) is 0 Å². The van der Waals surface area contributed by atoms with Gasteiger partial charge in [-0.1, -0.05) is 26.0 Å². The van der Waals surface area contributed by atoms with Crippen molar-refractivity contribution in [2.75, 3.05) is 5.32 Å². The Labute approximate surface area is 133 Å². The fraction of sp³-hybridized carbons (Fsp3) is 0.333. The van der Waals surface area contributed by atoms with E-state index in [4.69, 9.17) is 0 Å². The average Bonchev–Trinajstić information content (AvgIpc) is 3.17. The van der Waals surface area contributed by atoms with Crippen LogP contribution in [0.2, 0.25) is 0 Å². The maximum absolute atomic E-state index is 13.0. The number of aromatic nitrogens is 1. The Morgan fingerprint density at radius 2 is 2.04 bits per heavy atom. The summed E-state index contributed by atoms with van der Waals surface area (Å²) in [6.45, 7) is 4.15. The van der Waals surface area contributed by atoms with E-state index in [2.05, 4.69) is 24.1 Å². The third-order valence-corrected chi connectivity index (χ3v) is 4.03. The summed E-state index contributed by atoms with van der Waals surface area (Å²) in [7, 11) is 0. The molecule has 23 heavy (non-hydrogen) atoms. The number of benzene rings is 1. The van der Waals surface area contributed by atoms with Crippen LogP contribution in [0.1, 0.15) is 31.7 Å². The van der Waals surface area contributed by atoms with E-state index < -0.39 is 17.7 Å². The van der Waals surface area contributed by atoms with Crippen LogP contribution in [0.25, 0.3) is 11.3 Å². The molecule has 1 aliphatic rings. The molecule has 0 radical (unpaired) electrons. The number of carbonyl (C=O) groups is 1. The van der Waals surface area contributed by atoms with Gasteiger partial charge in [0, 0.05) is 23.9 Å². The summed E-state index contributed by atoms with van der Waals surface area (Å²) < 4.78 is 26.0. The lowest BCUT2D eigenvalue weighted by Gasteiger charge is -2.15. The Hall–Kier alpha value is -2.30. The molecule has 1 N–H and O–H groups in total. The molecule has 5 heteroatoms. The molecule has 1 saturated carbocycles. The van der Waals surface area contributed by atoms with Crippen molar-refractivity contribution in [3.05, 3.63) is 48.2 Å². The highest BCUT2D eigenvalue weighted by molar-refractivity contribution is 5.95. The first-order chi connectivity index (χ1) is 10.9. The summed E-state index contributed by atoms with van der Waals surface area (Å²) in [6.07, 6.45) is 1.34. The van der Waals surface area contributed by atoms with Crippen molar-refractivity contribution in [3.8, 4) is 11.3 Å². The van der Waals surface area contributed by atoms with E-state index in [0.717, 1.165) is 16.8 Å². The largest absolute Gasteiger partial charge is 0.326 e. The Kier molecular flexibility index (Phi) is 3.88. The number of nitrogens with one attached hydrogen (secondary N) is 1. The minimum atomic E-state index is -2.86. The van der Waals surface area contributed by atoms with Crippen LogP contribution in [0.4, 0.5) is 14.5 Å². The van der Waals surface area contributed by atoms with Crippen molar-refractivity contribution < 1.29 is 13.6 Å². The quantitative estimate of drug-likeness (QED) is 0.904. The monoisotopic (exact) mass is 316 g/mol. The molecular weight excluding hydrogens is 298 g/mol. The standard InChI is InChI=1S/C18H18F2N2O/c1-11(2)13-7-6-12(22-17(23)15-10-18(15,19)20)9-14(13)16-5-3-4-8-21-16/h3-9,11,15H,10H2,1-2H3,(H,22,23)/t15-/m1/s1. The van der Waals surface area contributed by atoms with Gasteiger partial charge in [-0.15, -0.1) is 0 Å². The van der Waals surface area contributed by atoms with Gasteiger partial charge < -0.3 is 5.32 Å². The number of hydrogen-bond donors (Lipinski definition) is 1. The van der Waals surface area contributed by atoms with E-state index in [0.29, 0.717) is 5.69 Å². The van der Waals surface area contributed by atoms with E-state index in [1.165, 1.54) is 0 Å². The Balaban J connectivity index is 1.90. The number of rotatable bonds is 4. The number of halogens is 2. The molecule has 3 rings (SSSR count). The lowest BCUT2D eigenvalue weighted by molar-refractivity contribution is -0.119. The van der Waals surface area contributed by atoms with Crippen LogP contribution >= 0.6 is 0 Å². The molecule has 1 amide bonds. The van der Waals surface area contributed by atoms with Gasteiger partial charge in [-0.2, -0.15) is 0 Å². The molecule has 120 valence electrons. The van der Waals surface area contributed by atoms with Crippen molar-refractivity contribution in [1.82, 2.24) is 4.98 Å². The van der Waals surface area contributed by atoms with Gasteiger partial charge >= 0.3 is 0 Å². The maximum Gasteiger partial charge on any atom is 0.260 e. The summed E-state index contributed by atoms with van der Waals surface area (Å²) in [5.74, 6) is -4.40. The number of hydrogen-bond acceptors (Lipinski definition) is 2. The average molecular weight is 316 g/mol. The second-order valence-electron chi connectivity index (χ2n) is 6.18. The molecule has 0 unspecified atom stereocenters. The summed E-state index contributed by atoms with van der Waals surface area (Å²) in [6, 6.07) is 11.1. The highest BCUT2D eigenvalue weighted by atomic mass is 19.3. The Bertz CT molecular complexity index is 729. The summed E-state index contributed by atoms with van der Waals surface area (Å²) >= 11 is 0. The van der Waals surface area contributed by atoms with Crippen molar-refractivity contribution in [3.63, 3.8) is 0 Å². The van der Waals surface area contributed by atoms with Crippen LogP contribution in [-0.4, -0.2) is 16.8 Å². The second-order valence-corrected chi connectivity index (χ2v) is 6.18. The van der Waals surface area contributed by atoms with Gasteiger partial charge in [0.15, 0.2) is 0 Å². The fourth-order valence-corrected chi connectivity index (χ4v) is 2.61. The number of amides is 1. The van der Waals surface area contributed by atoms with Gasteiger partial charge in [-0.25, -0.2) is 8.78 Å². The molecule has 1 atom stereocenters. The summed E-state index contributed by atoms with van der Waals surface area (Å²) in [5, 5.41) is 2.59. The van der Waals surface area contributed by atoms with E-state index in [9.17, 15) is 13.6 Å². The number of carbonyl (C=O) groups excluding carboxylic acids is 1. The van der Waals surface area contributed by atoms with E-state index >= 15 is 0 Å². The van der Waals surface area contributed by atoms with Gasteiger partial charge in [0.1, 0.15) is 5.92 Å². The first kappa shape index (κ1) is 15.6. The SMILES string of the molecule is CC(C)c1ccc(NC(=O)[C@H]2CC2(F)F)cc1-c1ccccn1. The van der Waals surface area contributed by atoms with Gasteiger partial charge in [0.05, 0.1) is 5.69 Å². The van der Waals surface area contributed by atoms with Gasteiger partial charge in [-0.3, -0.25) is 9.78 Å². The lowest BCUT2D eigenvalue weighted by atomic mass is 9.94. The second kappa shape index (κ2) is 5.72. The van der Waals surface area contributed by atoms with Gasteiger partial charge in [-0.05, 0) is 35.7 Å². The molecule has 0 spiro atoms. The zero-order valence-corrected chi connectivity index (χ0v) is 13.0. The molecule has 1 aromatic heterocycles. The van der Waals surface area contributed by atoms with E-state index in [-0.39, 0.29) is 12.3 Å². The zero-order chi connectivity index (χ0) is 16.6. The molecule has 0 saturated heterocycles. The number of anilines is 1. The van der Waals surface area contributed by atoms with Crippen molar-refractivity contribution in [2.45, 2.75) is 32.1 Å². The third kappa shape index (κ3) is 3.23. The predicted molar refractivity (Wildman–Crippen MR) is 85.4 cm³/mol. The molecule has 1 heterocycles. The van der Waals surface area contributed by atoms with Gasteiger partial charge in [0.25, 0.3) is 5.92 Å². The molecule has 1 aromatic carbocycles. The molecule has 0 aliphatic heterocycles. The lowest BCUT2D eigenvalue weighted by Crippen LogP contribution is -2.17. The Morgan fingerprint density at radius 3 is 2.61 bits per heavy atom. The molecule has 1 fully saturated rings. The minimum Gasteiger partial charge on any atom is -0.326 e. The van der Waals surface area contributed by atoms with Crippen molar-refractivity contribution in [1.29, 1.82) is 0 Å². The Morgan fingerprint density at radius 1 is 1.30 bits per heavy atom. The normalized spacial score (nSPS) is 18.7. The van der Waals surface area contributed by atoms with E-state index in [1.807, 2.05) is 24.3 Å². The predicted octanol–water partition coefficient (Wildman–Crippen LogP) is 4.47. The first-order valence-corrected chi connectivity index (χ1v) is 7.62. The third-order valence-electron chi connectivity index (χ3n) is 4.03. The maximum atomic E-state index is 13.0. The molecular formula is C18H18F2N2O. The van der Waals surface area contributed by atoms with Crippen molar-refractivity contribution in [2.24, 2.45) is 5.92 Å². The van der Waals surface area contributed by atoms with Crippen LogP contribution in [0, 0.1) is 5.92 Å². The first-order valence-electron chi connectivity index (χ1n) is 7.62. The molecule has 2 aromatic rings. The van der Waals surface area contributed by atoms with E-state index in [1.54, 1.807) is 18.3 Å². The fourth-order valence-electron chi connectivity index (χ4n) is 2.61. The molecule has 1 aliphatic carbocycles. The summed E-state index contributed by atoms with van der Waals surface area (Å²) in [4.78, 5) is 16.2. The van der Waals surface area contributed by atoms with Crippen LogP contribution in [0.15, 0.2) is 42.6 Å². The van der Waals surface area contributed by atoms with Crippen LogP contribution in [-0.2, 0) is 4.79 Å². The van der Waals surface area contributed by atoms with Crippen LogP contribution < -0.4 is 5.32 Å².